The van der Waals surface area contributed by atoms with Crippen molar-refractivity contribution in [2.75, 3.05) is 18.5 Å². The first-order chi connectivity index (χ1) is 18.5. The van der Waals surface area contributed by atoms with E-state index in [2.05, 4.69) is 24.1 Å². The minimum atomic E-state index is -1.17. The summed E-state index contributed by atoms with van der Waals surface area (Å²) in [5.41, 5.74) is 7.79. The number of benzene rings is 2. The molecule has 210 valence electrons. The lowest BCUT2D eigenvalue weighted by Crippen LogP contribution is -2.45. The second-order valence-electron chi connectivity index (χ2n) is 12.3. The van der Waals surface area contributed by atoms with Crippen molar-refractivity contribution in [1.29, 1.82) is 0 Å². The van der Waals surface area contributed by atoms with Gasteiger partial charge in [0.1, 0.15) is 12.4 Å². The molecule has 2 N–H and O–H groups in total. The monoisotopic (exact) mass is 534 g/mol. The molecule has 1 unspecified atom stereocenters. The lowest BCUT2D eigenvalue weighted by atomic mass is 9.78. The average Bonchev–Trinajstić information content (AvgIpc) is 2.90. The zero-order valence-corrected chi connectivity index (χ0v) is 24.2. The van der Waals surface area contributed by atoms with E-state index in [0.717, 1.165) is 82.6 Å². The van der Waals surface area contributed by atoms with Gasteiger partial charge in [-0.25, -0.2) is 4.79 Å². The average molecular weight is 535 g/mol. The zero-order valence-electron chi connectivity index (χ0n) is 24.2. The first-order valence-electron chi connectivity index (χ1n) is 14.3. The first kappa shape index (κ1) is 27.5. The number of carbonyl (C=O) groups is 2. The summed E-state index contributed by atoms with van der Waals surface area (Å²) < 4.78 is 12.1. The summed E-state index contributed by atoms with van der Waals surface area (Å²) in [6.45, 7) is 13.6. The topological polar surface area (TPSA) is 88.1 Å². The maximum absolute atomic E-state index is 13.5. The molecule has 1 aliphatic carbocycles. The highest BCUT2D eigenvalue weighted by atomic mass is 16.5. The highest BCUT2D eigenvalue weighted by molar-refractivity contribution is 5.90. The Kier molecular flexibility index (Phi) is 7.40. The summed E-state index contributed by atoms with van der Waals surface area (Å²) in [7, 11) is 0. The van der Waals surface area contributed by atoms with Gasteiger partial charge in [0.25, 0.3) is 0 Å². The van der Waals surface area contributed by atoms with Crippen LogP contribution in [0.25, 0.3) is 11.1 Å². The predicted molar refractivity (Wildman–Crippen MR) is 152 cm³/mol. The molecule has 0 radical (unpaired) electrons. The zero-order chi connectivity index (χ0) is 28.1. The van der Waals surface area contributed by atoms with Gasteiger partial charge in [-0.2, -0.15) is 0 Å². The van der Waals surface area contributed by atoms with Crippen molar-refractivity contribution in [2.45, 2.75) is 104 Å². The molecular weight excluding hydrogens is 492 g/mol. The van der Waals surface area contributed by atoms with E-state index >= 15 is 0 Å². The Bertz CT molecular complexity index is 1300. The van der Waals surface area contributed by atoms with Crippen molar-refractivity contribution < 1.29 is 24.2 Å². The molecule has 5 rings (SSSR count). The lowest BCUT2D eigenvalue weighted by molar-refractivity contribution is -0.160. The van der Waals surface area contributed by atoms with Crippen molar-refractivity contribution in [3.05, 3.63) is 45.5 Å². The number of carboxylic acid groups (broad SMARTS) is 1. The number of hydrogen-bond donors (Lipinski definition) is 2. The fourth-order valence-corrected chi connectivity index (χ4v) is 6.74. The number of carboxylic acids is 1. The van der Waals surface area contributed by atoms with Crippen molar-refractivity contribution in [1.82, 2.24) is 4.90 Å². The number of nitrogens with one attached hydrogen (secondary N) is 1. The standard InChI is InChI=1S/C32H42N2O5/c1-18-23-16-26(35)34(21-10-8-7-9-11-21)17-24(23)19(2)27(28(18)30(31(36)37)39-32(4,5)6)22-12-13-25-29(20(22)3)33-14-15-38-25/h12-13,21,30,33H,7-11,14-17H2,1-6H3,(H,36,37). The number of aliphatic carboxylic acids is 1. The predicted octanol–water partition coefficient (Wildman–Crippen LogP) is 6.24. The molecule has 39 heavy (non-hydrogen) atoms. The summed E-state index contributed by atoms with van der Waals surface area (Å²) in [6.07, 6.45) is 4.80. The summed E-state index contributed by atoms with van der Waals surface area (Å²) in [5, 5.41) is 14.0. The summed E-state index contributed by atoms with van der Waals surface area (Å²) in [6, 6.07) is 4.30. The first-order valence-corrected chi connectivity index (χ1v) is 14.3. The van der Waals surface area contributed by atoms with Crippen molar-refractivity contribution in [3.63, 3.8) is 0 Å². The van der Waals surface area contributed by atoms with Crippen molar-refractivity contribution in [2.24, 2.45) is 0 Å². The third-order valence-electron chi connectivity index (χ3n) is 8.63. The van der Waals surface area contributed by atoms with Crippen LogP contribution in [-0.4, -0.2) is 46.7 Å². The van der Waals surface area contributed by atoms with Crippen LogP contribution < -0.4 is 10.1 Å². The van der Waals surface area contributed by atoms with E-state index in [4.69, 9.17) is 9.47 Å². The fourth-order valence-electron chi connectivity index (χ4n) is 6.74. The number of fused-ring (bicyclic) bond motifs is 2. The molecule has 1 amide bonds. The van der Waals surface area contributed by atoms with Crippen molar-refractivity contribution in [3.8, 4) is 16.9 Å². The third-order valence-corrected chi connectivity index (χ3v) is 8.63. The molecule has 2 aromatic rings. The Labute approximate surface area is 231 Å². The smallest absolute Gasteiger partial charge is 0.337 e. The number of amides is 1. The highest BCUT2D eigenvalue weighted by Gasteiger charge is 2.38. The number of rotatable bonds is 5. The molecule has 1 fully saturated rings. The second kappa shape index (κ2) is 10.5. The van der Waals surface area contributed by atoms with Gasteiger partial charge in [0.05, 0.1) is 17.7 Å². The van der Waals surface area contributed by atoms with Crippen LogP contribution in [0.2, 0.25) is 0 Å². The van der Waals surface area contributed by atoms with Gasteiger partial charge in [-0.05, 0) is 99.4 Å². The SMILES string of the molecule is Cc1c(-c2c(C)c3c(c(C)c2C(OC(C)(C)C)C(=O)O)CC(=O)N(C2CCCCC2)C3)ccc2c1NCCO2. The largest absolute Gasteiger partial charge is 0.490 e. The second-order valence-corrected chi connectivity index (χ2v) is 12.3. The lowest BCUT2D eigenvalue weighted by Gasteiger charge is -2.40. The van der Waals surface area contributed by atoms with E-state index in [0.29, 0.717) is 25.1 Å². The molecule has 7 nitrogen and oxygen atoms in total. The van der Waals surface area contributed by atoms with E-state index in [1.807, 2.05) is 39.8 Å². The van der Waals surface area contributed by atoms with E-state index in [-0.39, 0.29) is 11.9 Å². The number of nitrogens with zero attached hydrogens (tertiary/aromatic N) is 1. The Morgan fingerprint density at radius 2 is 1.79 bits per heavy atom. The molecule has 1 atom stereocenters. The van der Waals surface area contributed by atoms with Crippen LogP contribution in [0.4, 0.5) is 5.69 Å². The van der Waals surface area contributed by atoms with Crippen LogP contribution in [0.3, 0.4) is 0 Å². The Morgan fingerprint density at radius 3 is 2.46 bits per heavy atom. The minimum Gasteiger partial charge on any atom is -0.490 e. The minimum absolute atomic E-state index is 0.144. The van der Waals surface area contributed by atoms with Gasteiger partial charge in [0.15, 0.2) is 6.10 Å². The van der Waals surface area contributed by atoms with Crippen molar-refractivity contribution >= 4 is 17.6 Å². The van der Waals surface area contributed by atoms with Crippen LogP contribution in [0.5, 0.6) is 5.75 Å². The fraction of sp³-hybridized carbons (Fsp3) is 0.562. The molecule has 7 heteroatoms. The molecule has 0 aromatic heterocycles. The van der Waals surface area contributed by atoms with Gasteiger partial charge < -0.3 is 24.8 Å². The van der Waals surface area contributed by atoms with E-state index in [1.54, 1.807) is 0 Å². The summed E-state index contributed by atoms with van der Waals surface area (Å²) >= 11 is 0. The van der Waals surface area contributed by atoms with Crippen LogP contribution >= 0.6 is 0 Å². The van der Waals surface area contributed by atoms with Crippen LogP contribution in [0, 0.1) is 20.8 Å². The molecule has 0 spiro atoms. The quantitative estimate of drug-likeness (QED) is 0.472. The highest BCUT2D eigenvalue weighted by Crippen LogP contribution is 2.46. The molecule has 3 aliphatic rings. The Morgan fingerprint density at radius 1 is 1.08 bits per heavy atom. The van der Waals surface area contributed by atoms with Gasteiger partial charge in [0.2, 0.25) is 5.91 Å². The molecule has 2 heterocycles. The number of ether oxygens (including phenoxy) is 2. The number of anilines is 1. The normalized spacial score (nSPS) is 18.6. The van der Waals surface area contributed by atoms with Gasteiger partial charge >= 0.3 is 5.97 Å². The van der Waals surface area contributed by atoms with Crippen LogP contribution in [0.15, 0.2) is 12.1 Å². The summed E-state index contributed by atoms with van der Waals surface area (Å²) in [5.74, 6) is -0.0756. The van der Waals surface area contributed by atoms with Gasteiger partial charge in [-0.3, -0.25) is 4.79 Å². The Hall–Kier alpha value is -3.06. The maximum Gasteiger partial charge on any atom is 0.337 e. The number of carbonyl (C=O) groups excluding carboxylic acids is 1. The molecule has 0 bridgehead atoms. The maximum atomic E-state index is 13.5. The van der Waals surface area contributed by atoms with E-state index in [9.17, 15) is 14.7 Å². The summed E-state index contributed by atoms with van der Waals surface area (Å²) in [4.78, 5) is 28.4. The molecule has 2 aromatic carbocycles. The number of hydrogen-bond acceptors (Lipinski definition) is 5. The van der Waals surface area contributed by atoms with E-state index < -0.39 is 17.7 Å². The Balaban J connectivity index is 1.74. The molecule has 1 saturated carbocycles. The molecular formula is C32H42N2O5. The van der Waals surface area contributed by atoms with E-state index in [1.165, 1.54) is 6.42 Å². The third kappa shape index (κ3) is 5.13. The van der Waals surface area contributed by atoms with Gasteiger partial charge in [-0.1, -0.05) is 25.3 Å². The van der Waals surface area contributed by atoms with Gasteiger partial charge in [-0.15, -0.1) is 0 Å². The van der Waals surface area contributed by atoms with Crippen LogP contribution in [-0.2, 0) is 27.3 Å². The molecule has 0 saturated heterocycles. The molecule has 2 aliphatic heterocycles. The van der Waals surface area contributed by atoms with Gasteiger partial charge in [0, 0.05) is 24.7 Å². The van der Waals surface area contributed by atoms with Crippen LogP contribution in [0.1, 0.15) is 92.4 Å².